The van der Waals surface area contributed by atoms with E-state index >= 15 is 0 Å². The molecule has 26 heavy (non-hydrogen) atoms. The molecule has 1 amide bonds. The fourth-order valence-corrected chi connectivity index (χ4v) is 2.55. The van der Waals surface area contributed by atoms with Gasteiger partial charge in [0.1, 0.15) is 0 Å². The first-order valence-corrected chi connectivity index (χ1v) is 7.89. The quantitative estimate of drug-likeness (QED) is 0.724. The van der Waals surface area contributed by atoms with Gasteiger partial charge in [0, 0.05) is 22.9 Å². The van der Waals surface area contributed by atoms with Crippen molar-refractivity contribution in [1.29, 1.82) is 0 Å². The van der Waals surface area contributed by atoms with Crippen molar-refractivity contribution in [3.05, 3.63) is 59.8 Å². The van der Waals surface area contributed by atoms with Crippen molar-refractivity contribution in [3.8, 4) is 22.8 Å². The summed E-state index contributed by atoms with van der Waals surface area (Å²) in [6, 6.07) is 13.5. The Balaban J connectivity index is 1.50. The summed E-state index contributed by atoms with van der Waals surface area (Å²) in [7, 11) is 0. The first kappa shape index (κ1) is 15.9. The molecule has 130 valence electrons. The van der Waals surface area contributed by atoms with Gasteiger partial charge in [-0.25, -0.2) is 0 Å². The van der Waals surface area contributed by atoms with E-state index in [1.165, 1.54) is 6.92 Å². The van der Waals surface area contributed by atoms with E-state index in [0.29, 0.717) is 28.5 Å². The summed E-state index contributed by atoms with van der Waals surface area (Å²) >= 11 is 0. The number of fused-ring (bicyclic) bond motifs is 1. The minimum absolute atomic E-state index is 0.0345. The number of ketones is 1. The molecule has 4 rings (SSSR count). The third kappa shape index (κ3) is 3.02. The molecule has 0 saturated carbocycles. The summed E-state index contributed by atoms with van der Waals surface area (Å²) in [4.78, 5) is 23.6. The summed E-state index contributed by atoms with van der Waals surface area (Å²) in [6.45, 7) is 1.67. The van der Waals surface area contributed by atoms with E-state index in [1.807, 2.05) is 0 Å². The molecule has 0 bridgehead atoms. The van der Waals surface area contributed by atoms with Crippen molar-refractivity contribution in [3.63, 3.8) is 0 Å². The molecular formula is C19H14N2O5. The van der Waals surface area contributed by atoms with Crippen molar-refractivity contribution in [2.75, 3.05) is 12.1 Å². The molecule has 1 aliphatic heterocycles. The van der Waals surface area contributed by atoms with Crippen LogP contribution in [0.25, 0.3) is 11.3 Å². The Bertz CT molecular complexity index is 991. The predicted octanol–water partition coefficient (Wildman–Crippen LogP) is 3.53. The number of benzene rings is 2. The molecule has 3 aromatic rings. The highest BCUT2D eigenvalue weighted by Gasteiger charge is 2.18. The van der Waals surface area contributed by atoms with E-state index in [9.17, 15) is 9.59 Å². The summed E-state index contributed by atoms with van der Waals surface area (Å²) in [5.74, 6) is 1.29. The number of aromatic nitrogens is 1. The Hall–Kier alpha value is -3.61. The summed E-state index contributed by atoms with van der Waals surface area (Å²) in [5.41, 5.74) is 2.02. The Kier molecular flexibility index (Phi) is 3.89. The number of rotatable bonds is 4. The number of nitrogens with one attached hydrogen (secondary N) is 1. The Labute approximate surface area is 148 Å². The number of anilines is 1. The number of amides is 1. The molecule has 2 heterocycles. The number of nitrogens with zero attached hydrogens (tertiary/aromatic N) is 1. The van der Waals surface area contributed by atoms with Crippen LogP contribution in [0.1, 0.15) is 27.8 Å². The van der Waals surface area contributed by atoms with Crippen LogP contribution in [0, 0.1) is 0 Å². The monoisotopic (exact) mass is 350 g/mol. The third-order valence-electron chi connectivity index (χ3n) is 3.95. The average Bonchev–Trinajstić information content (AvgIpc) is 3.31. The van der Waals surface area contributed by atoms with Gasteiger partial charge in [-0.05, 0) is 49.4 Å². The number of carbonyl (C=O) groups is 2. The van der Waals surface area contributed by atoms with Crippen LogP contribution in [-0.4, -0.2) is 23.6 Å². The molecule has 1 N–H and O–H groups in total. The standard InChI is InChI=1S/C19H14N2O5/c1-11(22)12-2-5-14(6-3-12)20-19(23)15-9-17(26-21-15)13-4-7-16-18(8-13)25-10-24-16/h2-9H,10H2,1H3,(H,20,23). The van der Waals surface area contributed by atoms with E-state index < -0.39 is 5.91 Å². The van der Waals surface area contributed by atoms with Crippen LogP contribution in [-0.2, 0) is 0 Å². The minimum Gasteiger partial charge on any atom is -0.454 e. The summed E-state index contributed by atoms with van der Waals surface area (Å²) in [6.07, 6.45) is 0. The van der Waals surface area contributed by atoms with Gasteiger partial charge in [0.2, 0.25) is 6.79 Å². The lowest BCUT2D eigenvalue weighted by atomic mass is 10.1. The van der Waals surface area contributed by atoms with Crippen LogP contribution < -0.4 is 14.8 Å². The van der Waals surface area contributed by atoms with E-state index in [0.717, 1.165) is 5.56 Å². The Morgan fingerprint density at radius 3 is 2.54 bits per heavy atom. The van der Waals surface area contributed by atoms with Crippen LogP contribution in [0.3, 0.4) is 0 Å². The predicted molar refractivity (Wildman–Crippen MR) is 92.5 cm³/mol. The molecule has 1 aliphatic rings. The number of hydrogen-bond donors (Lipinski definition) is 1. The van der Waals surface area contributed by atoms with Gasteiger partial charge in [-0.1, -0.05) is 5.16 Å². The van der Waals surface area contributed by atoms with Crippen LogP contribution in [0.4, 0.5) is 5.69 Å². The maximum Gasteiger partial charge on any atom is 0.277 e. The smallest absolute Gasteiger partial charge is 0.277 e. The van der Waals surface area contributed by atoms with Gasteiger partial charge in [0.05, 0.1) is 0 Å². The zero-order chi connectivity index (χ0) is 18.1. The average molecular weight is 350 g/mol. The first-order valence-electron chi connectivity index (χ1n) is 7.89. The van der Waals surface area contributed by atoms with Crippen molar-refractivity contribution < 1.29 is 23.6 Å². The number of hydrogen-bond acceptors (Lipinski definition) is 6. The lowest BCUT2D eigenvalue weighted by Gasteiger charge is -2.03. The van der Waals surface area contributed by atoms with Gasteiger partial charge in [-0.15, -0.1) is 0 Å². The molecule has 7 heteroatoms. The lowest BCUT2D eigenvalue weighted by molar-refractivity contribution is 0.101. The lowest BCUT2D eigenvalue weighted by Crippen LogP contribution is -2.12. The van der Waals surface area contributed by atoms with E-state index in [4.69, 9.17) is 14.0 Å². The zero-order valence-electron chi connectivity index (χ0n) is 13.8. The number of carbonyl (C=O) groups excluding carboxylic acids is 2. The normalized spacial score (nSPS) is 12.0. The second kappa shape index (κ2) is 6.36. The van der Waals surface area contributed by atoms with Gasteiger partial charge in [0.25, 0.3) is 5.91 Å². The van der Waals surface area contributed by atoms with Gasteiger partial charge in [-0.3, -0.25) is 9.59 Å². The van der Waals surface area contributed by atoms with Gasteiger partial charge >= 0.3 is 0 Å². The second-order valence-electron chi connectivity index (χ2n) is 5.73. The molecule has 0 unspecified atom stereocenters. The van der Waals surface area contributed by atoms with Gasteiger partial charge < -0.3 is 19.3 Å². The van der Waals surface area contributed by atoms with Crippen LogP contribution >= 0.6 is 0 Å². The zero-order valence-corrected chi connectivity index (χ0v) is 13.8. The summed E-state index contributed by atoms with van der Waals surface area (Å²) < 4.78 is 15.9. The molecule has 0 spiro atoms. The highest BCUT2D eigenvalue weighted by atomic mass is 16.7. The van der Waals surface area contributed by atoms with Crippen molar-refractivity contribution in [2.45, 2.75) is 6.92 Å². The molecule has 0 saturated heterocycles. The van der Waals surface area contributed by atoms with Crippen molar-refractivity contribution >= 4 is 17.4 Å². The SMILES string of the molecule is CC(=O)c1ccc(NC(=O)c2cc(-c3ccc4c(c3)OCO4)on2)cc1. The Morgan fingerprint density at radius 1 is 1.00 bits per heavy atom. The highest BCUT2D eigenvalue weighted by molar-refractivity contribution is 6.03. The van der Waals surface area contributed by atoms with Gasteiger partial charge in [-0.2, -0.15) is 0 Å². The Morgan fingerprint density at radius 2 is 1.77 bits per heavy atom. The third-order valence-corrected chi connectivity index (χ3v) is 3.95. The molecule has 0 fully saturated rings. The van der Waals surface area contributed by atoms with Crippen molar-refractivity contribution in [1.82, 2.24) is 5.16 Å². The highest BCUT2D eigenvalue weighted by Crippen LogP contribution is 2.36. The number of Topliss-reactive ketones (excluding diaryl/α,β-unsaturated/α-hetero) is 1. The van der Waals surface area contributed by atoms with Crippen LogP contribution in [0.15, 0.2) is 53.1 Å². The topological polar surface area (TPSA) is 90.7 Å². The summed E-state index contributed by atoms with van der Waals surface area (Å²) in [5, 5.41) is 6.53. The molecular weight excluding hydrogens is 336 g/mol. The van der Waals surface area contributed by atoms with Crippen LogP contribution in [0.2, 0.25) is 0 Å². The van der Waals surface area contributed by atoms with E-state index in [-0.39, 0.29) is 18.3 Å². The van der Waals surface area contributed by atoms with E-state index in [2.05, 4.69) is 10.5 Å². The number of ether oxygens (including phenoxy) is 2. The molecule has 0 radical (unpaired) electrons. The second-order valence-corrected chi connectivity index (χ2v) is 5.73. The maximum atomic E-state index is 12.3. The molecule has 0 aliphatic carbocycles. The molecule has 1 aromatic heterocycles. The fourth-order valence-electron chi connectivity index (χ4n) is 2.55. The fraction of sp³-hybridized carbons (Fsp3) is 0.105. The largest absolute Gasteiger partial charge is 0.454 e. The van der Waals surface area contributed by atoms with Crippen molar-refractivity contribution in [2.24, 2.45) is 0 Å². The minimum atomic E-state index is -0.406. The van der Waals surface area contributed by atoms with Gasteiger partial charge in [0.15, 0.2) is 28.7 Å². The first-order chi connectivity index (χ1) is 12.6. The van der Waals surface area contributed by atoms with E-state index in [1.54, 1.807) is 48.5 Å². The molecule has 7 nitrogen and oxygen atoms in total. The molecule has 2 aromatic carbocycles. The maximum absolute atomic E-state index is 12.3. The van der Waals surface area contributed by atoms with Crippen LogP contribution in [0.5, 0.6) is 11.5 Å². The molecule has 0 atom stereocenters.